The van der Waals surface area contributed by atoms with Gasteiger partial charge in [-0.3, -0.25) is 9.80 Å². The van der Waals surface area contributed by atoms with E-state index < -0.39 is 0 Å². The summed E-state index contributed by atoms with van der Waals surface area (Å²) in [5, 5.41) is 9.35. The molecule has 2 heterocycles. The molecule has 0 aromatic heterocycles. The van der Waals surface area contributed by atoms with Gasteiger partial charge in [-0.15, -0.1) is 0 Å². The van der Waals surface area contributed by atoms with Gasteiger partial charge in [-0.05, 0) is 38.0 Å². The fourth-order valence-electron chi connectivity index (χ4n) is 3.61. The molecule has 1 saturated heterocycles. The van der Waals surface area contributed by atoms with Gasteiger partial charge in [0.1, 0.15) is 13.2 Å². The van der Waals surface area contributed by atoms with Crippen molar-refractivity contribution in [3.63, 3.8) is 0 Å². The molecule has 0 bridgehead atoms. The molecule has 1 atom stereocenters. The minimum absolute atomic E-state index is 0.256. The zero-order valence-electron chi connectivity index (χ0n) is 14.2. The van der Waals surface area contributed by atoms with E-state index in [1.54, 1.807) is 0 Å². The van der Waals surface area contributed by atoms with Gasteiger partial charge in [-0.2, -0.15) is 0 Å². The molecular weight excluding hydrogens is 292 g/mol. The van der Waals surface area contributed by atoms with Crippen molar-refractivity contribution in [2.45, 2.75) is 38.9 Å². The first-order chi connectivity index (χ1) is 11.2. The maximum atomic E-state index is 9.35. The van der Waals surface area contributed by atoms with Crippen molar-refractivity contribution in [3.05, 3.63) is 23.8 Å². The van der Waals surface area contributed by atoms with Crippen LogP contribution in [0, 0.1) is 0 Å². The van der Waals surface area contributed by atoms with Crippen LogP contribution in [0.2, 0.25) is 0 Å². The number of rotatable bonds is 5. The lowest BCUT2D eigenvalue weighted by Gasteiger charge is -2.43. The van der Waals surface area contributed by atoms with E-state index in [1.165, 1.54) is 5.56 Å². The van der Waals surface area contributed by atoms with Gasteiger partial charge in [-0.1, -0.05) is 6.07 Å². The summed E-state index contributed by atoms with van der Waals surface area (Å²) in [5.74, 6) is 1.71. The lowest BCUT2D eigenvalue weighted by molar-refractivity contribution is 0.0348. The van der Waals surface area contributed by atoms with Crippen molar-refractivity contribution >= 4 is 0 Å². The molecule has 0 unspecified atom stereocenters. The van der Waals surface area contributed by atoms with E-state index >= 15 is 0 Å². The van der Waals surface area contributed by atoms with Gasteiger partial charge >= 0.3 is 0 Å². The van der Waals surface area contributed by atoms with Crippen LogP contribution in [0.4, 0.5) is 0 Å². The van der Waals surface area contributed by atoms with Crippen LogP contribution >= 0.6 is 0 Å². The minimum Gasteiger partial charge on any atom is -0.486 e. The van der Waals surface area contributed by atoms with Crippen LogP contribution in [0.25, 0.3) is 0 Å². The summed E-state index contributed by atoms with van der Waals surface area (Å²) >= 11 is 0. The van der Waals surface area contributed by atoms with Crippen LogP contribution in [0.3, 0.4) is 0 Å². The van der Waals surface area contributed by atoms with Gasteiger partial charge in [0.2, 0.25) is 0 Å². The molecule has 128 valence electrons. The van der Waals surface area contributed by atoms with E-state index in [4.69, 9.17) is 9.47 Å². The molecule has 3 rings (SSSR count). The van der Waals surface area contributed by atoms with E-state index in [-0.39, 0.29) is 6.61 Å². The van der Waals surface area contributed by atoms with E-state index in [2.05, 4.69) is 35.8 Å². The molecule has 0 spiro atoms. The lowest BCUT2D eigenvalue weighted by atomic mass is 10.1. The first kappa shape index (κ1) is 16.6. The van der Waals surface area contributed by atoms with Crippen LogP contribution in [0.5, 0.6) is 11.5 Å². The number of ether oxygens (including phenoxy) is 2. The summed E-state index contributed by atoms with van der Waals surface area (Å²) in [6.07, 6.45) is 0.843. The van der Waals surface area contributed by atoms with Gasteiger partial charge < -0.3 is 14.6 Å². The number of nitrogens with zero attached hydrogens (tertiary/aromatic N) is 2. The Hall–Kier alpha value is -1.30. The molecule has 5 nitrogen and oxygen atoms in total. The summed E-state index contributed by atoms with van der Waals surface area (Å²) in [6, 6.07) is 7.21. The fraction of sp³-hybridized carbons (Fsp3) is 0.667. The predicted octanol–water partition coefficient (Wildman–Crippen LogP) is 1.73. The second kappa shape index (κ2) is 7.51. The quantitative estimate of drug-likeness (QED) is 0.895. The summed E-state index contributed by atoms with van der Waals surface area (Å²) in [5.41, 5.74) is 1.26. The van der Waals surface area contributed by atoms with Crippen molar-refractivity contribution in [2.75, 3.05) is 39.5 Å². The Kier molecular flexibility index (Phi) is 5.41. The average Bonchev–Trinajstić information content (AvgIpc) is 2.55. The zero-order valence-corrected chi connectivity index (χ0v) is 14.2. The van der Waals surface area contributed by atoms with E-state index in [0.717, 1.165) is 44.1 Å². The third-order valence-electron chi connectivity index (χ3n) is 4.75. The molecule has 5 heteroatoms. The average molecular weight is 320 g/mol. The Balaban J connectivity index is 1.64. The predicted molar refractivity (Wildman–Crippen MR) is 90.0 cm³/mol. The molecule has 1 aromatic rings. The molecule has 2 aliphatic heterocycles. The van der Waals surface area contributed by atoms with Gasteiger partial charge in [0, 0.05) is 44.9 Å². The maximum Gasteiger partial charge on any atom is 0.161 e. The minimum atomic E-state index is 0.256. The van der Waals surface area contributed by atoms with Crippen molar-refractivity contribution in [1.82, 2.24) is 9.80 Å². The maximum absolute atomic E-state index is 9.35. The second-order valence-corrected chi connectivity index (χ2v) is 6.71. The van der Waals surface area contributed by atoms with E-state index in [9.17, 15) is 5.11 Å². The highest BCUT2D eigenvalue weighted by Gasteiger charge is 2.28. The lowest BCUT2D eigenvalue weighted by Crippen LogP contribution is -2.55. The first-order valence-corrected chi connectivity index (χ1v) is 8.65. The third-order valence-corrected chi connectivity index (χ3v) is 4.75. The molecule has 2 aliphatic rings. The highest BCUT2D eigenvalue weighted by atomic mass is 16.6. The summed E-state index contributed by atoms with van der Waals surface area (Å²) < 4.78 is 11.3. The second-order valence-electron chi connectivity index (χ2n) is 6.71. The number of hydrogen-bond acceptors (Lipinski definition) is 5. The van der Waals surface area contributed by atoms with Crippen molar-refractivity contribution in [1.29, 1.82) is 0 Å². The summed E-state index contributed by atoms with van der Waals surface area (Å²) in [4.78, 5) is 4.99. The van der Waals surface area contributed by atoms with E-state index in [1.807, 2.05) is 6.07 Å². The molecule has 0 radical (unpaired) electrons. The topological polar surface area (TPSA) is 45.2 Å². The molecule has 0 saturated carbocycles. The normalized spacial score (nSPS) is 22.5. The highest BCUT2D eigenvalue weighted by molar-refractivity contribution is 5.43. The standard InChI is InChI=1S/C18H28N2O3/c1-14(2)20-7-6-19(13-16(20)5-8-21)12-15-3-4-17-18(11-15)23-10-9-22-17/h3-4,11,14,16,21H,5-10,12-13H2,1-2H3/t16-/m1/s1. The fourth-order valence-corrected chi connectivity index (χ4v) is 3.61. The zero-order chi connectivity index (χ0) is 16.2. The third kappa shape index (κ3) is 3.97. The van der Waals surface area contributed by atoms with E-state index in [0.29, 0.717) is 25.3 Å². The molecule has 0 aliphatic carbocycles. The largest absolute Gasteiger partial charge is 0.486 e. The van der Waals surface area contributed by atoms with Crippen LogP contribution in [-0.2, 0) is 6.54 Å². The number of benzene rings is 1. The van der Waals surface area contributed by atoms with Crippen LogP contribution in [-0.4, -0.2) is 66.4 Å². The van der Waals surface area contributed by atoms with Crippen LogP contribution < -0.4 is 9.47 Å². The van der Waals surface area contributed by atoms with Gasteiger partial charge in [0.15, 0.2) is 11.5 Å². The van der Waals surface area contributed by atoms with Gasteiger partial charge in [0.05, 0.1) is 0 Å². The SMILES string of the molecule is CC(C)N1CCN(Cc2ccc3c(c2)OCCO3)C[C@H]1CCO. The Morgan fingerprint density at radius 1 is 1.17 bits per heavy atom. The Morgan fingerprint density at radius 3 is 2.70 bits per heavy atom. The summed E-state index contributed by atoms with van der Waals surface area (Å²) in [6.45, 7) is 10.0. The molecule has 1 N–H and O–H groups in total. The molecule has 1 fully saturated rings. The van der Waals surface area contributed by atoms with Crippen molar-refractivity contribution in [3.8, 4) is 11.5 Å². The summed E-state index contributed by atoms with van der Waals surface area (Å²) in [7, 11) is 0. The number of hydrogen-bond donors (Lipinski definition) is 1. The van der Waals surface area contributed by atoms with Crippen molar-refractivity contribution in [2.24, 2.45) is 0 Å². The smallest absolute Gasteiger partial charge is 0.161 e. The molecule has 0 amide bonds. The molecular formula is C18H28N2O3. The number of fused-ring (bicyclic) bond motifs is 1. The Bertz CT molecular complexity index is 521. The van der Waals surface area contributed by atoms with Gasteiger partial charge in [-0.25, -0.2) is 0 Å². The molecule has 23 heavy (non-hydrogen) atoms. The first-order valence-electron chi connectivity index (χ1n) is 8.65. The van der Waals surface area contributed by atoms with Crippen LogP contribution in [0.15, 0.2) is 18.2 Å². The Morgan fingerprint density at radius 2 is 1.96 bits per heavy atom. The Labute approximate surface area is 138 Å². The number of aliphatic hydroxyl groups is 1. The monoisotopic (exact) mass is 320 g/mol. The molecule has 1 aromatic carbocycles. The van der Waals surface area contributed by atoms with Gasteiger partial charge in [0.25, 0.3) is 0 Å². The highest BCUT2D eigenvalue weighted by Crippen LogP contribution is 2.31. The van der Waals surface area contributed by atoms with Crippen molar-refractivity contribution < 1.29 is 14.6 Å². The van der Waals surface area contributed by atoms with Crippen LogP contribution in [0.1, 0.15) is 25.8 Å². The number of aliphatic hydroxyl groups excluding tert-OH is 1. The number of piperazine rings is 1.